The van der Waals surface area contributed by atoms with Crippen LogP contribution in [0.25, 0.3) is 0 Å². The summed E-state index contributed by atoms with van der Waals surface area (Å²) in [5.41, 5.74) is -0.233. The number of methoxy groups -OCH3 is 1. The molecule has 1 saturated heterocycles. The number of rotatable bonds is 6. The molecule has 1 N–H and O–H groups in total. The summed E-state index contributed by atoms with van der Waals surface area (Å²) >= 11 is 0. The van der Waals surface area contributed by atoms with E-state index in [2.05, 4.69) is 5.32 Å². The van der Waals surface area contributed by atoms with Gasteiger partial charge >= 0.3 is 17.8 Å². The largest absolute Gasteiger partial charge is 0.497 e. The van der Waals surface area contributed by atoms with E-state index < -0.39 is 35.8 Å². The molecule has 0 aliphatic carbocycles. The SMILES string of the molecule is CCC(C)(C)NC(=O)CN1C(=O)C(=O)N(c2ccc(OC)cc2)C1=O. The lowest BCUT2D eigenvalue weighted by atomic mass is 10.0. The molecule has 25 heavy (non-hydrogen) atoms. The molecule has 8 heteroatoms. The van der Waals surface area contributed by atoms with Crippen molar-refractivity contribution in [3.63, 3.8) is 0 Å². The van der Waals surface area contributed by atoms with Crippen LogP contribution in [0, 0.1) is 0 Å². The van der Waals surface area contributed by atoms with Gasteiger partial charge in [0.15, 0.2) is 0 Å². The first-order valence-corrected chi connectivity index (χ1v) is 7.85. The summed E-state index contributed by atoms with van der Waals surface area (Å²) in [7, 11) is 1.49. The average molecular weight is 347 g/mol. The van der Waals surface area contributed by atoms with Crippen molar-refractivity contribution in [3.8, 4) is 5.75 Å². The standard InChI is InChI=1S/C17H21N3O5/c1-5-17(2,3)18-13(21)10-19-14(22)15(23)20(16(19)24)11-6-8-12(25-4)9-7-11/h6-9H,5,10H2,1-4H3,(H,18,21). The van der Waals surface area contributed by atoms with Crippen LogP contribution in [0.3, 0.4) is 0 Å². The molecule has 0 saturated carbocycles. The van der Waals surface area contributed by atoms with Crippen LogP contribution in [0.15, 0.2) is 24.3 Å². The van der Waals surface area contributed by atoms with Gasteiger partial charge in [0.05, 0.1) is 12.8 Å². The van der Waals surface area contributed by atoms with Crippen LogP contribution in [-0.4, -0.2) is 47.8 Å². The number of carbonyl (C=O) groups is 4. The average Bonchev–Trinajstić information content (AvgIpc) is 2.78. The van der Waals surface area contributed by atoms with Gasteiger partial charge in [0, 0.05) is 5.54 Å². The van der Waals surface area contributed by atoms with E-state index in [1.165, 1.54) is 19.2 Å². The second kappa shape index (κ2) is 6.92. The molecule has 1 aromatic carbocycles. The van der Waals surface area contributed by atoms with E-state index in [4.69, 9.17) is 4.74 Å². The summed E-state index contributed by atoms with van der Waals surface area (Å²) in [5.74, 6) is -1.96. The fraction of sp³-hybridized carbons (Fsp3) is 0.412. The highest BCUT2D eigenvalue weighted by Gasteiger charge is 2.46. The number of nitrogens with zero attached hydrogens (tertiary/aromatic N) is 2. The predicted molar refractivity (Wildman–Crippen MR) is 90.1 cm³/mol. The van der Waals surface area contributed by atoms with Crippen molar-refractivity contribution < 1.29 is 23.9 Å². The van der Waals surface area contributed by atoms with E-state index in [1.807, 2.05) is 20.8 Å². The Kier molecular flexibility index (Phi) is 5.10. The summed E-state index contributed by atoms with van der Waals surface area (Å²) < 4.78 is 5.02. The Morgan fingerprint density at radius 2 is 1.72 bits per heavy atom. The minimum Gasteiger partial charge on any atom is -0.497 e. The zero-order valence-electron chi connectivity index (χ0n) is 14.7. The molecular weight excluding hydrogens is 326 g/mol. The fourth-order valence-corrected chi connectivity index (χ4v) is 2.25. The molecule has 0 radical (unpaired) electrons. The molecule has 0 bridgehead atoms. The smallest absolute Gasteiger partial charge is 0.339 e. The summed E-state index contributed by atoms with van der Waals surface area (Å²) in [4.78, 5) is 50.2. The third-order valence-electron chi connectivity index (χ3n) is 4.05. The number of imide groups is 2. The predicted octanol–water partition coefficient (Wildman–Crippen LogP) is 1.30. The van der Waals surface area contributed by atoms with Crippen molar-refractivity contribution >= 4 is 29.4 Å². The van der Waals surface area contributed by atoms with E-state index in [0.29, 0.717) is 17.1 Å². The number of ether oxygens (including phenoxy) is 1. The Morgan fingerprint density at radius 1 is 1.12 bits per heavy atom. The molecule has 1 aromatic rings. The summed E-state index contributed by atoms with van der Waals surface area (Å²) in [6, 6.07) is 5.28. The first-order valence-electron chi connectivity index (χ1n) is 7.85. The first kappa shape index (κ1) is 18.4. The Balaban J connectivity index is 2.17. The number of amides is 5. The van der Waals surface area contributed by atoms with Crippen LogP contribution < -0.4 is 15.0 Å². The Bertz CT molecular complexity index is 711. The van der Waals surface area contributed by atoms with Gasteiger partial charge in [-0.05, 0) is 44.5 Å². The van der Waals surface area contributed by atoms with Gasteiger partial charge in [-0.2, -0.15) is 0 Å². The molecule has 1 fully saturated rings. The topological polar surface area (TPSA) is 96.0 Å². The van der Waals surface area contributed by atoms with Crippen molar-refractivity contribution in [3.05, 3.63) is 24.3 Å². The quantitative estimate of drug-likeness (QED) is 0.618. The van der Waals surface area contributed by atoms with E-state index in [1.54, 1.807) is 12.1 Å². The second-order valence-corrected chi connectivity index (χ2v) is 6.30. The lowest BCUT2D eigenvalue weighted by molar-refractivity contribution is -0.140. The monoisotopic (exact) mass is 347 g/mol. The van der Waals surface area contributed by atoms with Crippen LogP contribution in [0.4, 0.5) is 10.5 Å². The van der Waals surface area contributed by atoms with Gasteiger partial charge < -0.3 is 10.1 Å². The fourth-order valence-electron chi connectivity index (χ4n) is 2.25. The van der Waals surface area contributed by atoms with E-state index >= 15 is 0 Å². The third-order valence-corrected chi connectivity index (χ3v) is 4.05. The number of urea groups is 1. The lowest BCUT2D eigenvalue weighted by Gasteiger charge is -2.25. The maximum Gasteiger partial charge on any atom is 0.339 e. The van der Waals surface area contributed by atoms with Gasteiger partial charge in [-0.25, -0.2) is 14.6 Å². The van der Waals surface area contributed by atoms with Crippen molar-refractivity contribution in [2.45, 2.75) is 32.7 Å². The molecule has 0 atom stereocenters. The van der Waals surface area contributed by atoms with Crippen LogP contribution in [0.5, 0.6) is 5.75 Å². The molecule has 0 aromatic heterocycles. The highest BCUT2D eigenvalue weighted by atomic mass is 16.5. The summed E-state index contributed by atoms with van der Waals surface area (Å²) in [6.07, 6.45) is 0.678. The molecular formula is C17H21N3O5. The number of benzene rings is 1. The number of anilines is 1. The Morgan fingerprint density at radius 3 is 2.24 bits per heavy atom. The molecule has 0 unspecified atom stereocenters. The van der Waals surface area contributed by atoms with Crippen molar-refractivity contribution in [2.24, 2.45) is 0 Å². The molecule has 0 spiro atoms. The van der Waals surface area contributed by atoms with Crippen LogP contribution >= 0.6 is 0 Å². The van der Waals surface area contributed by atoms with E-state index in [0.717, 1.165) is 4.90 Å². The third kappa shape index (κ3) is 3.78. The normalized spacial score (nSPS) is 15.0. The summed E-state index contributed by atoms with van der Waals surface area (Å²) in [6.45, 7) is 5.06. The number of hydrogen-bond acceptors (Lipinski definition) is 5. The number of carbonyl (C=O) groups excluding carboxylic acids is 4. The van der Waals surface area contributed by atoms with Gasteiger partial charge in [-0.1, -0.05) is 6.92 Å². The Labute approximate surface area is 145 Å². The zero-order chi connectivity index (χ0) is 18.8. The molecule has 1 aliphatic heterocycles. The molecule has 5 amide bonds. The highest BCUT2D eigenvalue weighted by molar-refractivity contribution is 6.53. The van der Waals surface area contributed by atoms with E-state index in [9.17, 15) is 19.2 Å². The van der Waals surface area contributed by atoms with Crippen molar-refractivity contribution in [1.82, 2.24) is 10.2 Å². The second-order valence-electron chi connectivity index (χ2n) is 6.30. The van der Waals surface area contributed by atoms with Gasteiger partial charge in [-0.15, -0.1) is 0 Å². The zero-order valence-corrected chi connectivity index (χ0v) is 14.7. The Hall–Kier alpha value is -2.90. The van der Waals surface area contributed by atoms with E-state index in [-0.39, 0.29) is 5.69 Å². The van der Waals surface area contributed by atoms with Gasteiger partial charge in [-0.3, -0.25) is 14.4 Å². The highest BCUT2D eigenvalue weighted by Crippen LogP contribution is 2.24. The summed E-state index contributed by atoms with van der Waals surface area (Å²) in [5, 5.41) is 2.73. The van der Waals surface area contributed by atoms with Crippen LogP contribution in [0.1, 0.15) is 27.2 Å². The van der Waals surface area contributed by atoms with Gasteiger partial charge in [0.2, 0.25) is 5.91 Å². The molecule has 1 heterocycles. The molecule has 1 aliphatic rings. The number of nitrogens with one attached hydrogen (secondary N) is 1. The van der Waals surface area contributed by atoms with Crippen molar-refractivity contribution in [2.75, 3.05) is 18.6 Å². The minimum absolute atomic E-state index is 0.237. The minimum atomic E-state index is -1.02. The van der Waals surface area contributed by atoms with Crippen molar-refractivity contribution in [1.29, 1.82) is 0 Å². The maximum absolute atomic E-state index is 12.5. The first-order chi connectivity index (χ1) is 11.7. The molecule has 134 valence electrons. The number of hydrogen-bond donors (Lipinski definition) is 1. The van der Waals surface area contributed by atoms with Gasteiger partial charge in [0.25, 0.3) is 0 Å². The molecule has 8 nitrogen and oxygen atoms in total. The lowest BCUT2D eigenvalue weighted by Crippen LogP contribution is -2.48. The van der Waals surface area contributed by atoms with Gasteiger partial charge in [0.1, 0.15) is 12.3 Å². The van der Waals surface area contributed by atoms with Crippen LogP contribution in [0.2, 0.25) is 0 Å². The molecule has 2 rings (SSSR count). The maximum atomic E-state index is 12.5. The van der Waals surface area contributed by atoms with Crippen LogP contribution in [-0.2, 0) is 14.4 Å².